The summed E-state index contributed by atoms with van der Waals surface area (Å²) in [6.07, 6.45) is 0.996. The van der Waals surface area contributed by atoms with Crippen molar-refractivity contribution in [3.63, 3.8) is 0 Å². The van der Waals surface area contributed by atoms with Crippen LogP contribution in [0.1, 0.15) is 12.0 Å². The number of rotatable bonds is 3. The maximum atomic E-state index is 5.64. The van der Waals surface area contributed by atoms with Crippen molar-refractivity contribution >= 4 is 15.9 Å². The number of benzene rings is 1. The maximum absolute atomic E-state index is 5.64. The average Bonchev–Trinajstić information content (AvgIpc) is 2.13. The first kappa shape index (κ1) is 10.1. The van der Waals surface area contributed by atoms with E-state index in [9.17, 15) is 0 Å². The largest absolute Gasteiger partial charge is 0.379 e. The van der Waals surface area contributed by atoms with Crippen LogP contribution in [0.15, 0.2) is 28.7 Å². The molecule has 0 amide bonds. The van der Waals surface area contributed by atoms with E-state index >= 15 is 0 Å². The highest BCUT2D eigenvalue weighted by Crippen LogP contribution is 2.38. The Kier molecular flexibility index (Phi) is 2.91. The zero-order valence-corrected chi connectivity index (χ0v) is 9.59. The molecular weight excluding hydrogens is 242 g/mol. The Bertz CT molecular complexity index is 323. The van der Waals surface area contributed by atoms with Gasteiger partial charge in [-0.15, -0.1) is 0 Å². The van der Waals surface area contributed by atoms with E-state index in [0.717, 1.165) is 24.1 Å². The molecule has 1 aromatic carbocycles. The van der Waals surface area contributed by atoms with Gasteiger partial charge in [0.05, 0.1) is 13.2 Å². The number of hydrogen-bond acceptors (Lipinski definition) is 2. The Balaban J connectivity index is 2.32. The van der Waals surface area contributed by atoms with Crippen molar-refractivity contribution in [1.29, 1.82) is 0 Å². The molecule has 1 heterocycles. The molecule has 3 heteroatoms. The second kappa shape index (κ2) is 4.01. The van der Waals surface area contributed by atoms with Gasteiger partial charge in [-0.1, -0.05) is 34.1 Å². The molecule has 2 N–H and O–H groups in total. The zero-order valence-electron chi connectivity index (χ0n) is 8.00. The van der Waals surface area contributed by atoms with Crippen LogP contribution >= 0.6 is 15.9 Å². The van der Waals surface area contributed by atoms with Crippen molar-refractivity contribution in [2.45, 2.75) is 11.8 Å². The van der Waals surface area contributed by atoms with E-state index in [4.69, 9.17) is 10.5 Å². The lowest BCUT2D eigenvalue weighted by molar-refractivity contribution is -0.0634. The summed E-state index contributed by atoms with van der Waals surface area (Å²) in [6, 6.07) is 8.33. The standard InChI is InChI=1S/C11H14BrNO/c12-10-4-2-1-3-9(10)11(5-6-13)7-14-8-11/h1-4H,5-8,13H2. The van der Waals surface area contributed by atoms with Crippen LogP contribution in [-0.2, 0) is 10.2 Å². The van der Waals surface area contributed by atoms with Gasteiger partial charge in [0.15, 0.2) is 0 Å². The summed E-state index contributed by atoms with van der Waals surface area (Å²) in [4.78, 5) is 0. The topological polar surface area (TPSA) is 35.2 Å². The zero-order chi connectivity index (χ0) is 10.0. The monoisotopic (exact) mass is 255 g/mol. The molecule has 2 rings (SSSR count). The molecule has 1 aliphatic rings. The highest BCUT2D eigenvalue weighted by atomic mass is 79.9. The summed E-state index contributed by atoms with van der Waals surface area (Å²) in [5.41, 5.74) is 7.13. The Morgan fingerprint density at radius 1 is 1.36 bits per heavy atom. The second-order valence-electron chi connectivity index (χ2n) is 3.79. The van der Waals surface area contributed by atoms with Crippen LogP contribution in [0, 0.1) is 0 Å². The van der Waals surface area contributed by atoms with E-state index in [-0.39, 0.29) is 5.41 Å². The van der Waals surface area contributed by atoms with Gasteiger partial charge in [0.1, 0.15) is 0 Å². The van der Waals surface area contributed by atoms with Gasteiger partial charge in [-0.25, -0.2) is 0 Å². The minimum absolute atomic E-state index is 0.162. The summed E-state index contributed by atoms with van der Waals surface area (Å²) >= 11 is 3.58. The highest BCUT2D eigenvalue weighted by molar-refractivity contribution is 9.10. The number of hydrogen-bond donors (Lipinski definition) is 1. The molecular formula is C11H14BrNO. The third kappa shape index (κ3) is 1.60. The summed E-state index contributed by atoms with van der Waals surface area (Å²) in [7, 11) is 0. The van der Waals surface area contributed by atoms with Gasteiger partial charge in [0, 0.05) is 9.89 Å². The predicted molar refractivity (Wildman–Crippen MR) is 60.3 cm³/mol. The van der Waals surface area contributed by atoms with Crippen molar-refractivity contribution < 1.29 is 4.74 Å². The van der Waals surface area contributed by atoms with Crippen LogP contribution < -0.4 is 5.73 Å². The van der Waals surface area contributed by atoms with Crippen LogP contribution in [0.25, 0.3) is 0 Å². The minimum Gasteiger partial charge on any atom is -0.379 e. The van der Waals surface area contributed by atoms with Crippen LogP contribution in [0.2, 0.25) is 0 Å². The normalized spacial score (nSPS) is 19.0. The molecule has 76 valence electrons. The lowest BCUT2D eigenvalue weighted by atomic mass is 9.76. The molecule has 0 saturated carbocycles. The summed E-state index contributed by atoms with van der Waals surface area (Å²) in [6.45, 7) is 2.31. The first-order chi connectivity index (χ1) is 6.78. The Morgan fingerprint density at radius 3 is 2.57 bits per heavy atom. The van der Waals surface area contributed by atoms with Crippen molar-refractivity contribution in [1.82, 2.24) is 0 Å². The molecule has 0 aliphatic carbocycles. The molecule has 1 saturated heterocycles. The number of nitrogens with two attached hydrogens (primary N) is 1. The van der Waals surface area contributed by atoms with Gasteiger partial charge in [0.2, 0.25) is 0 Å². The Hall–Kier alpha value is -0.380. The third-order valence-electron chi connectivity index (χ3n) is 2.82. The van der Waals surface area contributed by atoms with Gasteiger partial charge < -0.3 is 10.5 Å². The molecule has 14 heavy (non-hydrogen) atoms. The quantitative estimate of drug-likeness (QED) is 0.898. The molecule has 0 atom stereocenters. The van der Waals surface area contributed by atoms with E-state index in [1.54, 1.807) is 0 Å². The van der Waals surface area contributed by atoms with E-state index in [0.29, 0.717) is 6.54 Å². The van der Waals surface area contributed by atoms with Crippen LogP contribution in [0.4, 0.5) is 0 Å². The van der Waals surface area contributed by atoms with E-state index in [2.05, 4.69) is 34.1 Å². The third-order valence-corrected chi connectivity index (χ3v) is 3.52. The smallest absolute Gasteiger partial charge is 0.0586 e. The van der Waals surface area contributed by atoms with E-state index in [1.165, 1.54) is 5.56 Å². The molecule has 1 fully saturated rings. The molecule has 0 aromatic heterocycles. The first-order valence-corrected chi connectivity index (χ1v) is 5.61. The van der Waals surface area contributed by atoms with Crippen LogP contribution in [0.3, 0.4) is 0 Å². The summed E-state index contributed by atoms with van der Waals surface area (Å²) < 4.78 is 6.49. The van der Waals surface area contributed by atoms with Crippen LogP contribution in [-0.4, -0.2) is 19.8 Å². The maximum Gasteiger partial charge on any atom is 0.0586 e. The molecule has 0 bridgehead atoms. The van der Waals surface area contributed by atoms with Crippen molar-refractivity contribution in [2.24, 2.45) is 5.73 Å². The number of halogens is 1. The molecule has 0 radical (unpaired) electrons. The van der Waals surface area contributed by atoms with Crippen molar-refractivity contribution in [3.8, 4) is 0 Å². The average molecular weight is 256 g/mol. The molecule has 0 spiro atoms. The molecule has 0 unspecified atom stereocenters. The van der Waals surface area contributed by atoms with Gasteiger partial charge in [-0.3, -0.25) is 0 Å². The van der Waals surface area contributed by atoms with E-state index < -0.39 is 0 Å². The lowest BCUT2D eigenvalue weighted by Crippen LogP contribution is -2.48. The van der Waals surface area contributed by atoms with E-state index in [1.807, 2.05) is 6.07 Å². The van der Waals surface area contributed by atoms with Gasteiger partial charge in [-0.05, 0) is 24.6 Å². The van der Waals surface area contributed by atoms with Crippen molar-refractivity contribution in [2.75, 3.05) is 19.8 Å². The fraction of sp³-hybridized carbons (Fsp3) is 0.455. The summed E-state index contributed by atoms with van der Waals surface area (Å²) in [5, 5.41) is 0. The number of ether oxygens (including phenoxy) is 1. The lowest BCUT2D eigenvalue weighted by Gasteiger charge is -2.42. The van der Waals surface area contributed by atoms with Gasteiger partial charge in [0.25, 0.3) is 0 Å². The molecule has 1 aliphatic heterocycles. The fourth-order valence-corrected chi connectivity index (χ4v) is 2.66. The highest BCUT2D eigenvalue weighted by Gasteiger charge is 2.40. The Labute approximate surface area is 92.6 Å². The molecule has 1 aromatic rings. The molecule has 2 nitrogen and oxygen atoms in total. The second-order valence-corrected chi connectivity index (χ2v) is 4.65. The first-order valence-electron chi connectivity index (χ1n) is 4.81. The fourth-order valence-electron chi connectivity index (χ4n) is 1.95. The SMILES string of the molecule is NCCC1(c2ccccc2Br)COC1. The van der Waals surface area contributed by atoms with Gasteiger partial charge in [-0.2, -0.15) is 0 Å². The predicted octanol–water partition coefficient (Wildman–Crippen LogP) is 2.07. The van der Waals surface area contributed by atoms with Crippen LogP contribution in [0.5, 0.6) is 0 Å². The Morgan fingerprint density at radius 2 is 2.07 bits per heavy atom. The van der Waals surface area contributed by atoms with Gasteiger partial charge >= 0.3 is 0 Å². The minimum atomic E-state index is 0.162. The van der Waals surface area contributed by atoms with Crippen molar-refractivity contribution in [3.05, 3.63) is 34.3 Å². The summed E-state index contributed by atoms with van der Waals surface area (Å²) in [5.74, 6) is 0.